The Kier molecular flexibility index (Phi) is 8.82. The highest BCUT2D eigenvalue weighted by Gasteiger charge is 2.42. The van der Waals surface area contributed by atoms with E-state index in [2.05, 4.69) is 15.3 Å². The summed E-state index contributed by atoms with van der Waals surface area (Å²) in [6, 6.07) is 13.6. The molecule has 0 bridgehead atoms. The number of ether oxygens (including phenoxy) is 2. The molecule has 0 spiro atoms. The maximum atomic E-state index is 13.1. The molecule has 4 rings (SSSR count). The topological polar surface area (TPSA) is 150 Å². The fourth-order valence-electron chi connectivity index (χ4n) is 4.64. The highest BCUT2D eigenvalue weighted by atomic mass is 32.2. The third kappa shape index (κ3) is 6.30. The number of sulfonamides is 1. The van der Waals surface area contributed by atoms with E-state index in [0.717, 1.165) is 0 Å². The third-order valence-electron chi connectivity index (χ3n) is 6.32. The monoisotopic (exact) mass is 582 g/mol. The number of benzene rings is 2. The Labute approximate surface area is 237 Å². The fourth-order valence-corrected chi connectivity index (χ4v) is 5.94. The molecule has 12 heteroatoms. The summed E-state index contributed by atoms with van der Waals surface area (Å²) < 4.78 is 34.2. The Balaban J connectivity index is 1.68. The molecule has 2 heterocycles. The molecule has 0 radical (unpaired) electrons. The predicted octanol–water partition coefficient (Wildman–Crippen LogP) is 4.78. The Morgan fingerprint density at radius 2 is 1.77 bits per heavy atom. The van der Waals surface area contributed by atoms with E-state index in [1.165, 1.54) is 23.5 Å². The van der Waals surface area contributed by atoms with Gasteiger partial charge in [-0.2, -0.15) is 0 Å². The van der Waals surface area contributed by atoms with Gasteiger partial charge in [0.05, 0.1) is 29.4 Å². The first-order valence-electron chi connectivity index (χ1n) is 12.6. The second-order valence-corrected chi connectivity index (χ2v) is 11.5. The van der Waals surface area contributed by atoms with Crippen molar-refractivity contribution in [3.05, 3.63) is 70.7 Å². The number of allylic oxidation sites excluding steroid dienone is 1. The van der Waals surface area contributed by atoms with Crippen molar-refractivity contribution in [1.29, 1.82) is 0 Å². The summed E-state index contributed by atoms with van der Waals surface area (Å²) in [7, 11) is -3.85. The molecule has 210 valence electrons. The van der Waals surface area contributed by atoms with E-state index in [-0.39, 0.29) is 18.1 Å². The first-order valence-corrected chi connectivity index (χ1v) is 15.0. The normalized spacial score (nSPS) is 17.3. The first-order chi connectivity index (χ1) is 19.0. The molecule has 0 saturated heterocycles. The average molecular weight is 583 g/mol. The molecule has 0 aliphatic carbocycles. The summed E-state index contributed by atoms with van der Waals surface area (Å²) in [5.41, 5.74) is 3.94. The lowest BCUT2D eigenvalue weighted by Gasteiger charge is -2.31. The van der Waals surface area contributed by atoms with Gasteiger partial charge in [-0.05, 0) is 57.5 Å². The largest absolute Gasteiger partial charge is 0.465 e. The van der Waals surface area contributed by atoms with E-state index in [4.69, 9.17) is 14.6 Å². The number of thiazole rings is 1. The van der Waals surface area contributed by atoms with E-state index >= 15 is 0 Å². The zero-order valence-corrected chi connectivity index (χ0v) is 24.1. The van der Waals surface area contributed by atoms with Crippen molar-refractivity contribution in [2.24, 2.45) is 16.0 Å². The molecule has 2 aromatic carbocycles. The van der Waals surface area contributed by atoms with E-state index in [9.17, 15) is 18.0 Å². The van der Waals surface area contributed by atoms with Gasteiger partial charge in [-0.3, -0.25) is 9.79 Å². The summed E-state index contributed by atoms with van der Waals surface area (Å²) in [5, 5.41) is 10.9. The SMILES string of the molecule is CCOC(=O)C1=C(C)N=C(C)C(C(=O)OCC)C1c1cccc(Nc2nc(-c3cccc(S(N)(=O)=O)c3)cs2)c1. The van der Waals surface area contributed by atoms with E-state index < -0.39 is 33.8 Å². The Bertz CT molecular complexity index is 1610. The number of aliphatic imine (C=N–C) groups is 1. The van der Waals surface area contributed by atoms with Crippen LogP contribution >= 0.6 is 11.3 Å². The third-order valence-corrected chi connectivity index (χ3v) is 7.99. The molecule has 0 fully saturated rings. The lowest BCUT2D eigenvalue weighted by molar-refractivity contribution is -0.146. The number of primary sulfonamides is 1. The number of carbonyl (C=O) groups is 2. The van der Waals surface area contributed by atoms with Crippen LogP contribution in [0.5, 0.6) is 0 Å². The fraction of sp³-hybridized carbons (Fsp3) is 0.286. The number of esters is 2. The van der Waals surface area contributed by atoms with Crippen LogP contribution in [0, 0.1) is 5.92 Å². The van der Waals surface area contributed by atoms with Crippen molar-refractivity contribution in [3.63, 3.8) is 0 Å². The summed E-state index contributed by atoms with van der Waals surface area (Å²) in [4.78, 5) is 35.2. The molecule has 40 heavy (non-hydrogen) atoms. The van der Waals surface area contributed by atoms with Gasteiger partial charge in [0.1, 0.15) is 5.92 Å². The number of anilines is 2. The molecular formula is C28H30N4O6S2. The number of aromatic nitrogens is 1. The van der Waals surface area contributed by atoms with E-state index in [0.29, 0.717) is 44.6 Å². The van der Waals surface area contributed by atoms with Gasteiger partial charge in [0.15, 0.2) is 5.13 Å². The van der Waals surface area contributed by atoms with Gasteiger partial charge in [-0.1, -0.05) is 24.3 Å². The van der Waals surface area contributed by atoms with Gasteiger partial charge >= 0.3 is 11.9 Å². The van der Waals surface area contributed by atoms with Crippen LogP contribution in [0.1, 0.15) is 39.2 Å². The average Bonchev–Trinajstić information content (AvgIpc) is 3.36. The summed E-state index contributed by atoms with van der Waals surface area (Å²) in [6.07, 6.45) is 0. The Morgan fingerprint density at radius 1 is 1.05 bits per heavy atom. The van der Waals surface area contributed by atoms with Gasteiger partial charge < -0.3 is 14.8 Å². The molecule has 0 saturated carbocycles. The summed E-state index contributed by atoms with van der Waals surface area (Å²) in [5.74, 6) is -2.45. The smallest absolute Gasteiger partial charge is 0.336 e. The number of nitrogens with zero attached hydrogens (tertiary/aromatic N) is 2. The number of nitrogens with one attached hydrogen (secondary N) is 1. The minimum Gasteiger partial charge on any atom is -0.465 e. The van der Waals surface area contributed by atoms with Crippen LogP contribution < -0.4 is 10.5 Å². The predicted molar refractivity (Wildman–Crippen MR) is 154 cm³/mol. The molecule has 2 unspecified atom stereocenters. The molecule has 1 aromatic heterocycles. The lowest BCUT2D eigenvalue weighted by Crippen LogP contribution is -2.36. The van der Waals surface area contributed by atoms with Crippen molar-refractivity contribution < 1.29 is 27.5 Å². The van der Waals surface area contributed by atoms with Crippen molar-refractivity contribution in [2.45, 2.75) is 38.5 Å². The number of nitrogens with two attached hydrogens (primary N) is 1. The molecule has 0 amide bonds. The zero-order chi connectivity index (χ0) is 29.0. The quantitative estimate of drug-likeness (QED) is 0.342. The second kappa shape index (κ2) is 12.1. The van der Waals surface area contributed by atoms with E-state index in [1.54, 1.807) is 45.2 Å². The second-order valence-electron chi connectivity index (χ2n) is 9.04. The minimum atomic E-state index is -3.85. The van der Waals surface area contributed by atoms with Gasteiger partial charge in [0.25, 0.3) is 0 Å². The molecule has 2 atom stereocenters. The molecule has 3 aromatic rings. The number of rotatable bonds is 9. The number of carbonyl (C=O) groups excluding carboxylic acids is 2. The zero-order valence-electron chi connectivity index (χ0n) is 22.5. The molecule has 1 aliphatic heterocycles. The van der Waals surface area contributed by atoms with Gasteiger partial charge in [0.2, 0.25) is 10.0 Å². The van der Waals surface area contributed by atoms with Crippen LogP contribution in [0.25, 0.3) is 11.3 Å². The van der Waals surface area contributed by atoms with Crippen molar-refractivity contribution in [1.82, 2.24) is 4.98 Å². The minimum absolute atomic E-state index is 0.00318. The van der Waals surface area contributed by atoms with Gasteiger partial charge in [-0.15, -0.1) is 11.3 Å². The molecule has 3 N–H and O–H groups in total. The van der Waals surface area contributed by atoms with Crippen molar-refractivity contribution in [2.75, 3.05) is 18.5 Å². The summed E-state index contributed by atoms with van der Waals surface area (Å²) >= 11 is 1.34. The maximum Gasteiger partial charge on any atom is 0.336 e. The van der Waals surface area contributed by atoms with Gasteiger partial charge in [-0.25, -0.2) is 23.3 Å². The molecular weight excluding hydrogens is 552 g/mol. The van der Waals surface area contributed by atoms with Gasteiger partial charge in [0, 0.05) is 34.0 Å². The maximum absolute atomic E-state index is 13.1. The van der Waals surface area contributed by atoms with Crippen LogP contribution in [0.4, 0.5) is 10.8 Å². The van der Waals surface area contributed by atoms with Crippen LogP contribution in [0.15, 0.2) is 75.1 Å². The van der Waals surface area contributed by atoms with Crippen molar-refractivity contribution >= 4 is 49.8 Å². The molecule has 1 aliphatic rings. The van der Waals surface area contributed by atoms with Crippen LogP contribution in [0.3, 0.4) is 0 Å². The number of hydrogen-bond acceptors (Lipinski definition) is 10. The Morgan fingerprint density at radius 3 is 2.48 bits per heavy atom. The highest BCUT2D eigenvalue weighted by molar-refractivity contribution is 7.89. The van der Waals surface area contributed by atoms with Crippen LogP contribution in [0.2, 0.25) is 0 Å². The number of hydrogen-bond donors (Lipinski definition) is 2. The van der Waals surface area contributed by atoms with E-state index in [1.807, 2.05) is 24.3 Å². The van der Waals surface area contributed by atoms with Crippen LogP contribution in [-0.4, -0.2) is 44.3 Å². The standard InChI is InChI=1S/C28H30N4O6S2/c1-5-37-26(33)23-16(3)30-17(4)24(27(34)38-6-2)25(23)19-10-7-11-20(13-19)31-28-32-22(15-39-28)18-9-8-12-21(14-18)40(29,35)36/h7-15,23,25H,5-6H2,1-4H3,(H,31,32)(H2,29,35,36). The lowest BCUT2D eigenvalue weighted by atomic mass is 9.75. The first kappa shape index (κ1) is 29.1. The highest BCUT2D eigenvalue weighted by Crippen LogP contribution is 2.41. The molecule has 10 nitrogen and oxygen atoms in total. The van der Waals surface area contributed by atoms with Crippen molar-refractivity contribution in [3.8, 4) is 11.3 Å². The van der Waals surface area contributed by atoms with Crippen LogP contribution in [-0.2, 0) is 29.1 Å². The Hall–Kier alpha value is -3.87. The summed E-state index contributed by atoms with van der Waals surface area (Å²) in [6.45, 7) is 7.32.